The van der Waals surface area contributed by atoms with Crippen molar-refractivity contribution in [1.82, 2.24) is 30.4 Å². The van der Waals surface area contributed by atoms with Crippen molar-refractivity contribution in [3.8, 4) is 0 Å². The lowest BCUT2D eigenvalue weighted by Crippen LogP contribution is -2.61. The van der Waals surface area contributed by atoms with Gasteiger partial charge in [-0.05, 0) is 56.0 Å². The third-order valence-electron chi connectivity index (χ3n) is 6.50. The van der Waals surface area contributed by atoms with Gasteiger partial charge in [0.15, 0.2) is 5.82 Å². The molecule has 3 aromatic rings. The van der Waals surface area contributed by atoms with E-state index in [1.165, 1.54) is 0 Å². The van der Waals surface area contributed by atoms with Crippen molar-refractivity contribution < 1.29 is 4.74 Å². The second-order valence-electron chi connectivity index (χ2n) is 9.97. The second kappa shape index (κ2) is 11.1. The van der Waals surface area contributed by atoms with Gasteiger partial charge in [0.1, 0.15) is 5.82 Å². The summed E-state index contributed by atoms with van der Waals surface area (Å²) in [5.41, 5.74) is 4.78. The molecule has 1 aliphatic rings. The molecule has 4 heterocycles. The summed E-state index contributed by atoms with van der Waals surface area (Å²) in [6.07, 6.45) is 6.51. The third kappa shape index (κ3) is 6.22. The van der Waals surface area contributed by atoms with Crippen LogP contribution < -0.4 is 10.6 Å². The van der Waals surface area contributed by atoms with Crippen molar-refractivity contribution in [3.05, 3.63) is 54.0 Å². The van der Waals surface area contributed by atoms with E-state index >= 15 is 0 Å². The average Bonchev–Trinajstić information content (AvgIpc) is 2.84. The molecule has 0 saturated carbocycles. The normalized spacial score (nSPS) is 15.7. The molecule has 4 rings (SSSR count). The van der Waals surface area contributed by atoms with Gasteiger partial charge in [0, 0.05) is 62.5 Å². The van der Waals surface area contributed by atoms with Gasteiger partial charge < -0.3 is 20.8 Å². The van der Waals surface area contributed by atoms with Crippen LogP contribution in [0.4, 0.5) is 11.6 Å². The Morgan fingerprint density at radius 1 is 1.19 bits per heavy atom. The zero-order valence-electron chi connectivity index (χ0n) is 21.8. The zero-order chi connectivity index (χ0) is 25.7. The first kappa shape index (κ1) is 25.7. The highest BCUT2D eigenvalue weighted by Gasteiger charge is 2.37. The summed E-state index contributed by atoms with van der Waals surface area (Å²) in [5.74, 6) is 1.69. The molecule has 3 aromatic heterocycles. The van der Waals surface area contributed by atoms with Crippen LogP contribution in [0.5, 0.6) is 0 Å². The van der Waals surface area contributed by atoms with Crippen LogP contribution in [0.25, 0.3) is 16.6 Å². The highest BCUT2D eigenvalue weighted by atomic mass is 16.5. The minimum Gasteiger partial charge on any atom is -0.390 e. The van der Waals surface area contributed by atoms with Gasteiger partial charge in [0.25, 0.3) is 0 Å². The predicted molar refractivity (Wildman–Crippen MR) is 145 cm³/mol. The molecular formula is C27H36N8O. The lowest BCUT2D eigenvalue weighted by Gasteiger charge is -2.47. The molecule has 1 saturated heterocycles. The summed E-state index contributed by atoms with van der Waals surface area (Å²) in [6, 6.07) is 7.77. The van der Waals surface area contributed by atoms with Gasteiger partial charge in [-0.15, -0.1) is 5.10 Å². The van der Waals surface area contributed by atoms with E-state index < -0.39 is 0 Å². The van der Waals surface area contributed by atoms with E-state index in [4.69, 9.17) is 15.1 Å². The van der Waals surface area contributed by atoms with E-state index in [1.807, 2.05) is 30.5 Å². The quantitative estimate of drug-likeness (QED) is 0.269. The monoisotopic (exact) mass is 488 g/mol. The Bertz CT molecular complexity index is 1250. The summed E-state index contributed by atoms with van der Waals surface area (Å²) in [4.78, 5) is 11.7. The summed E-state index contributed by atoms with van der Waals surface area (Å²) in [5, 5.41) is 23.2. The fourth-order valence-corrected chi connectivity index (χ4v) is 4.29. The number of anilines is 2. The lowest BCUT2D eigenvalue weighted by molar-refractivity contribution is -0.110. The number of methoxy groups -OCH3 is 1. The van der Waals surface area contributed by atoms with Crippen molar-refractivity contribution in [2.75, 3.05) is 38.6 Å². The minimum atomic E-state index is 0.00974. The van der Waals surface area contributed by atoms with Crippen molar-refractivity contribution in [3.63, 3.8) is 0 Å². The Morgan fingerprint density at radius 2 is 2.00 bits per heavy atom. The number of pyridine rings is 2. The van der Waals surface area contributed by atoms with E-state index in [0.29, 0.717) is 23.3 Å². The molecule has 0 aromatic carbocycles. The molecule has 0 atom stereocenters. The molecule has 1 fully saturated rings. The standard InChI is InChI=1S/C27H36N8O/c1-18(2)20-12-26(34-31-14-20)33-25-8-7-23-24(32-25)11-21(13-30-23)22(19(3)28)15-29-9-6-10-35-16-27(4,17-35)36-5/h7-8,11-15,18,28-29H,6,9-10,16-17H2,1-5H3,(H,32,33,34)/b22-15+,28-19?. The number of fused-ring (bicyclic) bond motifs is 1. The molecule has 0 radical (unpaired) electrons. The van der Waals surface area contributed by atoms with Gasteiger partial charge in [-0.1, -0.05) is 13.8 Å². The van der Waals surface area contributed by atoms with Gasteiger partial charge in [-0.25, -0.2) is 4.98 Å². The lowest BCUT2D eigenvalue weighted by atomic mass is 9.96. The predicted octanol–water partition coefficient (Wildman–Crippen LogP) is 4.37. The zero-order valence-corrected chi connectivity index (χ0v) is 21.8. The summed E-state index contributed by atoms with van der Waals surface area (Å²) in [6.45, 7) is 12.0. The number of aromatic nitrogens is 4. The van der Waals surface area contributed by atoms with E-state index in [9.17, 15) is 0 Å². The van der Waals surface area contributed by atoms with Crippen molar-refractivity contribution in [2.45, 2.75) is 45.6 Å². The molecule has 190 valence electrons. The van der Waals surface area contributed by atoms with E-state index in [2.05, 4.69) is 51.5 Å². The minimum absolute atomic E-state index is 0.00974. The molecule has 0 amide bonds. The van der Waals surface area contributed by atoms with Gasteiger partial charge >= 0.3 is 0 Å². The van der Waals surface area contributed by atoms with Crippen LogP contribution in [0.15, 0.2) is 42.9 Å². The maximum atomic E-state index is 8.29. The highest BCUT2D eigenvalue weighted by Crippen LogP contribution is 2.24. The van der Waals surface area contributed by atoms with Gasteiger partial charge in [-0.3, -0.25) is 9.88 Å². The van der Waals surface area contributed by atoms with E-state index in [1.54, 1.807) is 26.4 Å². The fraction of sp³-hybridized carbons (Fsp3) is 0.444. The van der Waals surface area contributed by atoms with Gasteiger partial charge in [0.2, 0.25) is 0 Å². The summed E-state index contributed by atoms with van der Waals surface area (Å²) < 4.78 is 5.51. The maximum Gasteiger partial charge on any atom is 0.154 e. The van der Waals surface area contributed by atoms with Crippen LogP contribution in [0, 0.1) is 5.41 Å². The summed E-state index contributed by atoms with van der Waals surface area (Å²) in [7, 11) is 1.78. The number of hydrogen-bond donors (Lipinski definition) is 3. The maximum absolute atomic E-state index is 8.29. The first-order valence-corrected chi connectivity index (χ1v) is 12.4. The topological polar surface area (TPSA) is 112 Å². The number of allylic oxidation sites excluding steroid dienone is 1. The Hall–Kier alpha value is -3.43. The molecule has 9 heteroatoms. The SMILES string of the molecule is COC1(C)CN(CCCN/C=C(\C(C)=N)c2cnc3ccc(Nc4cc(C(C)C)cnn4)nc3c2)C1. The molecule has 36 heavy (non-hydrogen) atoms. The summed E-state index contributed by atoms with van der Waals surface area (Å²) >= 11 is 0. The largest absolute Gasteiger partial charge is 0.390 e. The molecule has 3 N–H and O–H groups in total. The Kier molecular flexibility index (Phi) is 7.91. The first-order valence-electron chi connectivity index (χ1n) is 12.4. The third-order valence-corrected chi connectivity index (χ3v) is 6.50. The molecule has 0 unspecified atom stereocenters. The highest BCUT2D eigenvalue weighted by molar-refractivity contribution is 6.21. The molecular weight excluding hydrogens is 452 g/mol. The first-order chi connectivity index (χ1) is 17.3. The van der Waals surface area contributed by atoms with Crippen LogP contribution in [0.2, 0.25) is 0 Å². The van der Waals surface area contributed by atoms with Gasteiger partial charge in [-0.2, -0.15) is 5.10 Å². The van der Waals surface area contributed by atoms with E-state index in [0.717, 1.165) is 60.3 Å². The van der Waals surface area contributed by atoms with Crippen LogP contribution >= 0.6 is 0 Å². The number of ether oxygens (including phenoxy) is 1. The van der Waals surface area contributed by atoms with Crippen LogP contribution in [-0.4, -0.2) is 69.7 Å². The van der Waals surface area contributed by atoms with Crippen molar-refractivity contribution in [2.24, 2.45) is 0 Å². The number of nitrogens with one attached hydrogen (secondary N) is 3. The van der Waals surface area contributed by atoms with Crippen LogP contribution in [0.1, 0.15) is 51.2 Å². The Labute approximate surface area is 212 Å². The number of likely N-dealkylation sites (tertiary alicyclic amines) is 1. The van der Waals surface area contributed by atoms with Crippen LogP contribution in [0.3, 0.4) is 0 Å². The number of nitrogens with zero attached hydrogens (tertiary/aromatic N) is 5. The smallest absolute Gasteiger partial charge is 0.154 e. The fourth-order valence-electron chi connectivity index (χ4n) is 4.29. The molecule has 0 aliphatic carbocycles. The molecule has 0 spiro atoms. The van der Waals surface area contributed by atoms with Crippen molar-refractivity contribution in [1.29, 1.82) is 5.41 Å². The average molecular weight is 489 g/mol. The second-order valence-corrected chi connectivity index (χ2v) is 9.97. The van der Waals surface area contributed by atoms with E-state index in [-0.39, 0.29) is 5.60 Å². The van der Waals surface area contributed by atoms with Crippen LogP contribution in [-0.2, 0) is 4.74 Å². The molecule has 0 bridgehead atoms. The molecule has 9 nitrogen and oxygen atoms in total. The molecule has 1 aliphatic heterocycles. The number of hydrogen-bond acceptors (Lipinski definition) is 9. The number of rotatable bonds is 11. The Balaban J connectivity index is 1.42. The van der Waals surface area contributed by atoms with Crippen molar-refractivity contribution >= 4 is 34.0 Å². The van der Waals surface area contributed by atoms with Gasteiger partial charge in [0.05, 0.1) is 22.8 Å². The Morgan fingerprint density at radius 3 is 2.72 bits per heavy atom.